The van der Waals surface area contributed by atoms with Gasteiger partial charge in [-0.25, -0.2) is 0 Å². The summed E-state index contributed by atoms with van der Waals surface area (Å²) in [6, 6.07) is 9.51. The summed E-state index contributed by atoms with van der Waals surface area (Å²) in [6.45, 7) is 0. The van der Waals surface area contributed by atoms with Gasteiger partial charge in [-0.3, -0.25) is 0 Å². The number of benzene rings is 2. The summed E-state index contributed by atoms with van der Waals surface area (Å²) in [6.07, 6.45) is 7.34. The van der Waals surface area contributed by atoms with Crippen molar-refractivity contribution >= 4 is 10.8 Å². The number of rotatable bonds is 0. The van der Waals surface area contributed by atoms with Crippen LogP contribution in [0.5, 0.6) is 0 Å². The van der Waals surface area contributed by atoms with Gasteiger partial charge in [-0.2, -0.15) is 0 Å². The number of fused-ring (bicyclic) bond motifs is 2. The molecule has 2 aromatic carbocycles. The van der Waals surface area contributed by atoms with Gasteiger partial charge in [0.2, 0.25) is 0 Å². The van der Waals surface area contributed by atoms with E-state index in [1.807, 2.05) is 0 Å². The summed E-state index contributed by atoms with van der Waals surface area (Å²) in [5, 5.41) is 3.04. The van der Waals surface area contributed by atoms with Crippen molar-refractivity contribution in [2.45, 2.75) is 44.6 Å². The summed E-state index contributed by atoms with van der Waals surface area (Å²) >= 11 is 0. The number of hydrogen-bond acceptors (Lipinski definition) is 1. The molecule has 2 aliphatic rings. The van der Waals surface area contributed by atoms with Gasteiger partial charge >= 0.3 is 0 Å². The van der Waals surface area contributed by atoms with Crippen LogP contribution >= 0.6 is 0 Å². The molecule has 0 heterocycles. The van der Waals surface area contributed by atoms with Crippen molar-refractivity contribution in [1.29, 1.82) is 0 Å². The molecule has 2 aromatic rings. The van der Waals surface area contributed by atoms with Crippen LogP contribution in [0.2, 0.25) is 0 Å². The van der Waals surface area contributed by atoms with Gasteiger partial charge in [-0.1, -0.05) is 30.7 Å². The largest absolute Gasteiger partial charge is 0.324 e. The molecule has 1 heteroatoms. The third kappa shape index (κ3) is 1.37. The first-order valence-corrected chi connectivity index (χ1v) is 7.16. The van der Waals surface area contributed by atoms with Gasteiger partial charge in [0, 0.05) is 6.04 Å². The molecule has 2 aliphatic carbocycles. The molecule has 0 spiro atoms. The second-order valence-electron chi connectivity index (χ2n) is 5.80. The second kappa shape index (κ2) is 3.83. The molecule has 0 radical (unpaired) electrons. The van der Waals surface area contributed by atoms with Crippen molar-refractivity contribution in [2.75, 3.05) is 0 Å². The normalized spacial score (nSPS) is 21.9. The van der Waals surface area contributed by atoms with E-state index in [4.69, 9.17) is 5.73 Å². The van der Waals surface area contributed by atoms with Gasteiger partial charge in [0.05, 0.1) is 0 Å². The average Bonchev–Trinajstić information content (AvgIpc) is 2.71. The van der Waals surface area contributed by atoms with E-state index < -0.39 is 0 Å². The Bertz CT molecular complexity index is 627. The third-order valence-corrected chi connectivity index (χ3v) is 4.73. The predicted molar refractivity (Wildman–Crippen MR) is 75.8 cm³/mol. The number of aryl methyl sites for hydroxylation is 3. The quantitative estimate of drug-likeness (QED) is 0.695. The van der Waals surface area contributed by atoms with Gasteiger partial charge in [0.15, 0.2) is 0 Å². The molecular weight excluding hydrogens is 218 g/mol. The van der Waals surface area contributed by atoms with E-state index in [0.717, 1.165) is 6.42 Å². The zero-order chi connectivity index (χ0) is 12.1. The molecule has 92 valence electrons. The first-order valence-electron chi connectivity index (χ1n) is 7.16. The maximum Gasteiger partial charge on any atom is 0.0297 e. The first kappa shape index (κ1) is 10.6. The molecule has 0 fully saturated rings. The lowest BCUT2D eigenvalue weighted by molar-refractivity contribution is 0.615. The highest BCUT2D eigenvalue weighted by Crippen LogP contribution is 2.39. The fourth-order valence-corrected chi connectivity index (χ4v) is 3.84. The molecule has 4 rings (SSSR count). The van der Waals surface area contributed by atoms with E-state index in [1.165, 1.54) is 48.6 Å². The maximum atomic E-state index is 6.38. The molecule has 0 amide bonds. The fourth-order valence-electron chi connectivity index (χ4n) is 3.84. The SMILES string of the molecule is N[C@H]1CCCCc2c1cc1c3c(cccc23)CC1. The molecular formula is C17H19N. The Morgan fingerprint density at radius 2 is 1.89 bits per heavy atom. The van der Waals surface area contributed by atoms with Crippen LogP contribution in [0, 0.1) is 0 Å². The highest BCUT2D eigenvalue weighted by atomic mass is 14.6. The number of hydrogen-bond donors (Lipinski definition) is 1. The van der Waals surface area contributed by atoms with E-state index in [-0.39, 0.29) is 6.04 Å². The lowest BCUT2D eigenvalue weighted by atomic mass is 9.91. The van der Waals surface area contributed by atoms with Crippen molar-refractivity contribution in [1.82, 2.24) is 0 Å². The number of nitrogens with two attached hydrogens (primary N) is 1. The molecule has 0 bridgehead atoms. The zero-order valence-corrected chi connectivity index (χ0v) is 10.7. The van der Waals surface area contributed by atoms with Crippen LogP contribution in [0.25, 0.3) is 10.8 Å². The molecule has 0 unspecified atom stereocenters. The Hall–Kier alpha value is -1.34. The molecule has 18 heavy (non-hydrogen) atoms. The van der Waals surface area contributed by atoms with Crippen LogP contribution in [0.3, 0.4) is 0 Å². The lowest BCUT2D eigenvalue weighted by Crippen LogP contribution is -2.11. The van der Waals surface area contributed by atoms with Crippen molar-refractivity contribution in [3.8, 4) is 0 Å². The monoisotopic (exact) mass is 237 g/mol. The third-order valence-electron chi connectivity index (χ3n) is 4.73. The zero-order valence-electron chi connectivity index (χ0n) is 10.7. The molecule has 0 aromatic heterocycles. The van der Waals surface area contributed by atoms with E-state index in [0.29, 0.717) is 0 Å². The Morgan fingerprint density at radius 3 is 2.83 bits per heavy atom. The van der Waals surface area contributed by atoms with Gasteiger partial charge in [0.1, 0.15) is 0 Å². The van der Waals surface area contributed by atoms with Gasteiger partial charge in [-0.15, -0.1) is 0 Å². The lowest BCUT2D eigenvalue weighted by Gasteiger charge is -2.16. The van der Waals surface area contributed by atoms with Gasteiger partial charge in [0.25, 0.3) is 0 Å². The summed E-state index contributed by atoms with van der Waals surface area (Å²) in [5.41, 5.74) is 12.4. The Kier molecular flexibility index (Phi) is 2.25. The smallest absolute Gasteiger partial charge is 0.0297 e. The van der Waals surface area contributed by atoms with Crippen molar-refractivity contribution in [3.63, 3.8) is 0 Å². The van der Waals surface area contributed by atoms with Crippen LogP contribution in [-0.2, 0) is 19.3 Å². The van der Waals surface area contributed by atoms with Crippen LogP contribution < -0.4 is 5.73 Å². The van der Waals surface area contributed by atoms with Crippen LogP contribution in [0.15, 0.2) is 24.3 Å². The molecule has 0 saturated carbocycles. The van der Waals surface area contributed by atoms with Crippen LogP contribution in [-0.4, -0.2) is 0 Å². The Labute approximate surface area is 108 Å². The minimum atomic E-state index is 0.257. The molecule has 0 aliphatic heterocycles. The fraction of sp³-hybridized carbons (Fsp3) is 0.412. The van der Waals surface area contributed by atoms with Crippen molar-refractivity contribution in [3.05, 3.63) is 46.5 Å². The van der Waals surface area contributed by atoms with Crippen molar-refractivity contribution in [2.24, 2.45) is 5.73 Å². The summed E-state index contributed by atoms with van der Waals surface area (Å²) in [5.74, 6) is 0. The molecule has 1 atom stereocenters. The van der Waals surface area contributed by atoms with Crippen molar-refractivity contribution < 1.29 is 0 Å². The molecule has 0 saturated heterocycles. The highest BCUT2D eigenvalue weighted by Gasteiger charge is 2.22. The van der Waals surface area contributed by atoms with E-state index in [9.17, 15) is 0 Å². The van der Waals surface area contributed by atoms with E-state index >= 15 is 0 Å². The van der Waals surface area contributed by atoms with Crippen LogP contribution in [0.1, 0.15) is 47.6 Å². The van der Waals surface area contributed by atoms with Gasteiger partial charge < -0.3 is 5.73 Å². The molecule has 1 nitrogen and oxygen atoms in total. The minimum absolute atomic E-state index is 0.257. The average molecular weight is 237 g/mol. The summed E-state index contributed by atoms with van der Waals surface area (Å²) in [4.78, 5) is 0. The molecule has 2 N–H and O–H groups in total. The Balaban J connectivity index is 2.09. The van der Waals surface area contributed by atoms with Gasteiger partial charge in [-0.05, 0) is 65.1 Å². The standard InChI is InChI=1S/C17H19N/c18-16-7-2-1-5-13-14-6-3-4-11-8-9-12(17(11)14)10-15(13)16/h3-4,6,10,16H,1-2,5,7-9,18H2/t16-/m0/s1. The minimum Gasteiger partial charge on any atom is -0.324 e. The topological polar surface area (TPSA) is 26.0 Å². The predicted octanol–water partition coefficient (Wildman–Crippen LogP) is 3.66. The van der Waals surface area contributed by atoms with E-state index in [1.54, 1.807) is 16.5 Å². The van der Waals surface area contributed by atoms with E-state index in [2.05, 4.69) is 24.3 Å². The van der Waals surface area contributed by atoms with Crippen LogP contribution in [0.4, 0.5) is 0 Å². The second-order valence-corrected chi connectivity index (χ2v) is 5.80. The first-order chi connectivity index (χ1) is 8.84. The highest BCUT2D eigenvalue weighted by molar-refractivity contribution is 5.94. The Morgan fingerprint density at radius 1 is 1.00 bits per heavy atom. The summed E-state index contributed by atoms with van der Waals surface area (Å²) < 4.78 is 0. The maximum absolute atomic E-state index is 6.38. The summed E-state index contributed by atoms with van der Waals surface area (Å²) in [7, 11) is 0.